The van der Waals surface area contributed by atoms with Crippen LogP contribution in [0.2, 0.25) is 0 Å². The van der Waals surface area contributed by atoms with Crippen molar-refractivity contribution in [2.75, 3.05) is 18.8 Å². The lowest BCUT2D eigenvalue weighted by Crippen LogP contribution is -2.30. The third-order valence-electron chi connectivity index (χ3n) is 6.47. The second kappa shape index (κ2) is 8.63. The van der Waals surface area contributed by atoms with Gasteiger partial charge >= 0.3 is 0 Å². The molecule has 7 nitrogen and oxygen atoms in total. The molecule has 1 saturated heterocycles. The molecule has 4 heterocycles. The Balaban J connectivity index is 1.51. The quantitative estimate of drug-likeness (QED) is 0.396. The first kappa shape index (κ1) is 21.5. The molecule has 1 fully saturated rings. The van der Waals surface area contributed by atoms with Crippen LogP contribution in [0.5, 0.6) is 17.2 Å². The van der Waals surface area contributed by atoms with Crippen LogP contribution in [0.4, 0.5) is 5.69 Å². The Kier molecular flexibility index (Phi) is 5.30. The molecule has 2 aromatic carbocycles. The van der Waals surface area contributed by atoms with E-state index < -0.39 is 0 Å². The summed E-state index contributed by atoms with van der Waals surface area (Å²) in [7, 11) is 1.67. The summed E-state index contributed by atoms with van der Waals surface area (Å²) in [6.07, 6.45) is 1.81. The summed E-state index contributed by atoms with van der Waals surface area (Å²) in [5, 5.41) is 4.16. The van der Waals surface area contributed by atoms with Crippen LogP contribution in [0.25, 0.3) is 5.69 Å². The first-order valence-corrected chi connectivity index (χ1v) is 11.8. The Bertz CT molecular complexity index is 1390. The largest absolute Gasteiger partial charge is 0.497 e. The van der Waals surface area contributed by atoms with Crippen molar-refractivity contribution >= 4 is 23.0 Å². The highest BCUT2D eigenvalue weighted by Gasteiger charge is 2.42. The highest BCUT2D eigenvalue weighted by Crippen LogP contribution is 2.45. The Morgan fingerprint density at radius 2 is 1.77 bits per heavy atom. The number of thiocarbonyl (C=S) groups is 1. The number of nitrogens with one attached hydrogen (secondary N) is 1. The van der Waals surface area contributed by atoms with Gasteiger partial charge in [-0.3, -0.25) is 4.98 Å². The number of rotatable bonds is 5. The molecule has 0 spiro atoms. The summed E-state index contributed by atoms with van der Waals surface area (Å²) in [6, 6.07) is 24.0. The van der Waals surface area contributed by atoms with Crippen LogP contribution in [0.3, 0.4) is 0 Å². The summed E-state index contributed by atoms with van der Waals surface area (Å²) >= 11 is 5.89. The summed E-state index contributed by atoms with van der Waals surface area (Å²) in [5.41, 5.74) is 5.10. The second-order valence-corrected chi connectivity index (χ2v) is 8.85. The average Bonchev–Trinajstić information content (AvgIpc) is 3.60. The molecule has 2 atom stereocenters. The third-order valence-corrected chi connectivity index (χ3v) is 6.79. The minimum atomic E-state index is -0.159. The molecule has 0 saturated carbocycles. The molecular formula is C27H24N4O3S. The zero-order valence-electron chi connectivity index (χ0n) is 19.3. The van der Waals surface area contributed by atoms with E-state index in [1.54, 1.807) is 7.11 Å². The van der Waals surface area contributed by atoms with Crippen molar-refractivity contribution in [2.24, 2.45) is 0 Å². The molecule has 2 aliphatic heterocycles. The predicted molar refractivity (Wildman–Crippen MR) is 138 cm³/mol. The van der Waals surface area contributed by atoms with Gasteiger partial charge in [-0.05, 0) is 79.8 Å². The van der Waals surface area contributed by atoms with Gasteiger partial charge in [-0.25, -0.2) is 0 Å². The molecule has 0 bridgehead atoms. The van der Waals surface area contributed by atoms with Crippen molar-refractivity contribution in [1.29, 1.82) is 0 Å². The van der Waals surface area contributed by atoms with Crippen LogP contribution in [0.15, 0.2) is 79.0 Å². The van der Waals surface area contributed by atoms with E-state index in [2.05, 4.69) is 51.0 Å². The van der Waals surface area contributed by atoms with Crippen molar-refractivity contribution in [2.45, 2.75) is 19.0 Å². The van der Waals surface area contributed by atoms with E-state index in [1.807, 2.05) is 54.7 Å². The summed E-state index contributed by atoms with van der Waals surface area (Å²) in [4.78, 5) is 6.81. The zero-order valence-corrected chi connectivity index (χ0v) is 20.2. The fourth-order valence-corrected chi connectivity index (χ4v) is 5.19. The number of aryl methyl sites for hydroxylation is 1. The first-order chi connectivity index (χ1) is 17.1. The lowest BCUT2D eigenvalue weighted by molar-refractivity contribution is 0.174. The molecule has 2 aliphatic rings. The maximum absolute atomic E-state index is 5.89. The van der Waals surface area contributed by atoms with Crippen LogP contribution in [0, 0.1) is 6.92 Å². The van der Waals surface area contributed by atoms with Gasteiger partial charge in [-0.15, -0.1) is 0 Å². The van der Waals surface area contributed by atoms with Gasteiger partial charge in [0.2, 0.25) is 6.79 Å². The normalized spacial score (nSPS) is 18.6. The van der Waals surface area contributed by atoms with E-state index in [0.717, 1.165) is 40.0 Å². The van der Waals surface area contributed by atoms with Gasteiger partial charge in [0.05, 0.1) is 18.8 Å². The molecule has 1 N–H and O–H groups in total. The molecule has 6 rings (SSSR count). The smallest absolute Gasteiger partial charge is 0.231 e. The Labute approximate surface area is 208 Å². The van der Waals surface area contributed by atoms with E-state index in [0.29, 0.717) is 10.9 Å². The Morgan fingerprint density at radius 3 is 2.54 bits per heavy atom. The second-order valence-electron chi connectivity index (χ2n) is 8.47. The average molecular weight is 485 g/mol. The number of hydrogen-bond acceptors (Lipinski definition) is 5. The molecular weight excluding hydrogens is 460 g/mol. The van der Waals surface area contributed by atoms with E-state index in [1.165, 1.54) is 0 Å². The van der Waals surface area contributed by atoms with Crippen LogP contribution in [-0.2, 0) is 0 Å². The number of fused-ring (bicyclic) bond motifs is 1. The van der Waals surface area contributed by atoms with Crippen LogP contribution >= 0.6 is 12.2 Å². The molecule has 0 amide bonds. The van der Waals surface area contributed by atoms with Crippen molar-refractivity contribution in [3.8, 4) is 22.9 Å². The lowest BCUT2D eigenvalue weighted by atomic mass is 10.0. The standard InChI is InChI=1S/C27H24N4O3S/c1-17-6-12-22(30(17)18-7-10-20(32-2)11-8-18)26-25(21-5-3-4-14-28-21)29-27(35)31(26)19-9-13-23-24(15-19)34-16-33-23/h3-15,25-26H,16H2,1-2H3,(H,29,35)/t25-,26-/m0/s1. The fraction of sp³-hybridized carbons (Fsp3) is 0.185. The molecule has 0 unspecified atom stereocenters. The minimum absolute atomic E-state index is 0.152. The van der Waals surface area contributed by atoms with Gasteiger partial charge in [0.25, 0.3) is 0 Å². The SMILES string of the molecule is COc1ccc(-n2c(C)ccc2[C@H]2[C@H](c3ccccn3)NC(=S)N2c2ccc3c(c2)OCO3)cc1. The summed E-state index contributed by atoms with van der Waals surface area (Å²) in [5.74, 6) is 2.27. The molecule has 0 radical (unpaired) electrons. The molecule has 4 aromatic rings. The number of anilines is 1. The van der Waals surface area contributed by atoms with Gasteiger partial charge in [0, 0.05) is 35.0 Å². The number of benzene rings is 2. The summed E-state index contributed by atoms with van der Waals surface area (Å²) < 4.78 is 18.8. The van der Waals surface area contributed by atoms with Crippen LogP contribution in [-0.4, -0.2) is 28.6 Å². The van der Waals surface area contributed by atoms with E-state index in [9.17, 15) is 0 Å². The van der Waals surface area contributed by atoms with Crippen molar-refractivity contribution in [1.82, 2.24) is 14.9 Å². The Morgan fingerprint density at radius 1 is 0.971 bits per heavy atom. The topological polar surface area (TPSA) is 60.8 Å². The van der Waals surface area contributed by atoms with Crippen molar-refractivity contribution < 1.29 is 14.2 Å². The van der Waals surface area contributed by atoms with Crippen molar-refractivity contribution in [3.63, 3.8) is 0 Å². The maximum atomic E-state index is 5.89. The van der Waals surface area contributed by atoms with Gasteiger partial charge in [-0.2, -0.15) is 0 Å². The minimum Gasteiger partial charge on any atom is -0.497 e. The number of nitrogens with zero attached hydrogens (tertiary/aromatic N) is 3. The molecule has 35 heavy (non-hydrogen) atoms. The number of ether oxygens (including phenoxy) is 3. The first-order valence-electron chi connectivity index (χ1n) is 11.4. The van der Waals surface area contributed by atoms with Crippen molar-refractivity contribution in [3.05, 3.63) is 96.1 Å². The molecule has 0 aliphatic carbocycles. The monoisotopic (exact) mass is 484 g/mol. The number of methoxy groups -OCH3 is 1. The van der Waals surface area contributed by atoms with E-state index >= 15 is 0 Å². The maximum Gasteiger partial charge on any atom is 0.231 e. The fourth-order valence-electron chi connectivity index (χ4n) is 4.84. The van der Waals surface area contributed by atoms with Crippen LogP contribution < -0.4 is 24.4 Å². The zero-order chi connectivity index (χ0) is 23.9. The summed E-state index contributed by atoms with van der Waals surface area (Å²) in [6.45, 7) is 2.33. The van der Waals surface area contributed by atoms with Crippen LogP contribution in [0.1, 0.15) is 29.2 Å². The third kappa shape index (κ3) is 3.66. The Hall–Kier alpha value is -4.04. The van der Waals surface area contributed by atoms with E-state index in [-0.39, 0.29) is 18.9 Å². The molecule has 176 valence electrons. The highest BCUT2D eigenvalue weighted by molar-refractivity contribution is 7.80. The predicted octanol–water partition coefficient (Wildman–Crippen LogP) is 5.10. The molecule has 8 heteroatoms. The number of hydrogen-bond donors (Lipinski definition) is 1. The number of aromatic nitrogens is 2. The van der Waals surface area contributed by atoms with Gasteiger partial charge < -0.3 is 29.0 Å². The lowest BCUT2D eigenvalue weighted by Gasteiger charge is -2.29. The van der Waals surface area contributed by atoms with Gasteiger partial charge in [0.1, 0.15) is 11.8 Å². The number of pyridine rings is 1. The highest BCUT2D eigenvalue weighted by atomic mass is 32.1. The van der Waals surface area contributed by atoms with Gasteiger partial charge in [0.15, 0.2) is 16.6 Å². The van der Waals surface area contributed by atoms with E-state index in [4.69, 9.17) is 26.4 Å². The van der Waals surface area contributed by atoms with Gasteiger partial charge in [-0.1, -0.05) is 6.07 Å². The molecule has 2 aromatic heterocycles.